The van der Waals surface area contributed by atoms with Crippen LogP contribution in [-0.4, -0.2) is 17.1 Å². The maximum atomic E-state index is 4.87. The standard InChI is InChI=1S/C7H9N2O/c1-3-7-8-4-6(10-2)5-9-7/h3-5H,1-2H3. The van der Waals surface area contributed by atoms with Crippen molar-refractivity contribution in [3.63, 3.8) is 0 Å². The molecule has 53 valence electrons. The van der Waals surface area contributed by atoms with Gasteiger partial charge in [-0.15, -0.1) is 0 Å². The SMILES string of the molecule is C[CH]c1ncc(OC)cn1. The Bertz CT molecular complexity index is 172. The third-order valence-corrected chi connectivity index (χ3v) is 1.14. The van der Waals surface area contributed by atoms with Gasteiger partial charge in [0.05, 0.1) is 19.5 Å². The summed E-state index contributed by atoms with van der Waals surface area (Å²) in [6.07, 6.45) is 5.12. The highest BCUT2D eigenvalue weighted by Gasteiger charge is 1.92. The number of ether oxygens (including phenoxy) is 1. The summed E-state index contributed by atoms with van der Waals surface area (Å²) in [6, 6.07) is 0. The summed E-state index contributed by atoms with van der Waals surface area (Å²) >= 11 is 0. The van der Waals surface area contributed by atoms with E-state index in [0.717, 1.165) is 5.82 Å². The van der Waals surface area contributed by atoms with Crippen LogP contribution in [-0.2, 0) is 0 Å². The monoisotopic (exact) mass is 137 g/mol. The lowest BCUT2D eigenvalue weighted by atomic mass is 10.4. The molecule has 10 heavy (non-hydrogen) atoms. The van der Waals surface area contributed by atoms with Crippen molar-refractivity contribution in [2.45, 2.75) is 6.92 Å². The van der Waals surface area contributed by atoms with E-state index in [2.05, 4.69) is 9.97 Å². The highest BCUT2D eigenvalue weighted by atomic mass is 16.5. The maximum Gasteiger partial charge on any atom is 0.155 e. The molecule has 1 rings (SSSR count). The minimum absolute atomic E-state index is 0.686. The van der Waals surface area contributed by atoms with Crippen molar-refractivity contribution >= 4 is 0 Å². The minimum Gasteiger partial charge on any atom is -0.494 e. The Labute approximate surface area is 60.1 Å². The highest BCUT2D eigenvalue weighted by molar-refractivity contribution is 5.13. The van der Waals surface area contributed by atoms with Crippen LogP contribution in [0.25, 0.3) is 0 Å². The molecule has 0 atom stereocenters. The smallest absolute Gasteiger partial charge is 0.155 e. The number of aromatic nitrogens is 2. The summed E-state index contributed by atoms with van der Waals surface area (Å²) in [7, 11) is 1.59. The van der Waals surface area contributed by atoms with Crippen molar-refractivity contribution in [2.24, 2.45) is 0 Å². The van der Waals surface area contributed by atoms with Gasteiger partial charge >= 0.3 is 0 Å². The topological polar surface area (TPSA) is 35.0 Å². The molecular weight excluding hydrogens is 128 g/mol. The molecular formula is C7H9N2O. The lowest BCUT2D eigenvalue weighted by Gasteiger charge is -1.97. The normalized spacial score (nSPS) is 9.40. The summed E-state index contributed by atoms with van der Waals surface area (Å²) in [4.78, 5) is 7.95. The lowest BCUT2D eigenvalue weighted by Crippen LogP contribution is -1.91. The highest BCUT2D eigenvalue weighted by Crippen LogP contribution is 2.04. The molecule has 1 heterocycles. The summed E-state index contributed by atoms with van der Waals surface area (Å²) in [5, 5.41) is 0. The van der Waals surface area contributed by atoms with Crippen LogP contribution in [0.2, 0.25) is 0 Å². The van der Waals surface area contributed by atoms with Crippen molar-refractivity contribution in [1.29, 1.82) is 0 Å². The number of hydrogen-bond donors (Lipinski definition) is 0. The van der Waals surface area contributed by atoms with Crippen LogP contribution in [0, 0.1) is 6.42 Å². The molecule has 0 aliphatic heterocycles. The molecule has 0 saturated heterocycles. The molecule has 0 aromatic carbocycles. The third-order valence-electron chi connectivity index (χ3n) is 1.14. The molecule has 1 radical (unpaired) electrons. The molecule has 0 spiro atoms. The molecule has 0 unspecified atom stereocenters. The summed E-state index contributed by atoms with van der Waals surface area (Å²) in [5.41, 5.74) is 0. The first-order valence-corrected chi connectivity index (χ1v) is 3.02. The Morgan fingerprint density at radius 3 is 2.40 bits per heavy atom. The summed E-state index contributed by atoms with van der Waals surface area (Å²) in [5.74, 6) is 1.41. The van der Waals surface area contributed by atoms with Gasteiger partial charge in [-0.3, -0.25) is 0 Å². The van der Waals surface area contributed by atoms with Crippen molar-refractivity contribution < 1.29 is 4.74 Å². The van der Waals surface area contributed by atoms with Crippen LogP contribution in [0.5, 0.6) is 5.75 Å². The second-order valence-corrected chi connectivity index (χ2v) is 1.77. The van der Waals surface area contributed by atoms with Crippen LogP contribution in [0.15, 0.2) is 12.4 Å². The molecule has 0 bridgehead atoms. The molecule has 3 nitrogen and oxygen atoms in total. The Morgan fingerprint density at radius 1 is 1.40 bits per heavy atom. The predicted octanol–water partition coefficient (Wildman–Crippen LogP) is 1.06. The Morgan fingerprint density at radius 2 is 2.00 bits per heavy atom. The Hall–Kier alpha value is -1.12. The van der Waals surface area contributed by atoms with E-state index >= 15 is 0 Å². The van der Waals surface area contributed by atoms with E-state index in [-0.39, 0.29) is 0 Å². The Balaban J connectivity index is 2.80. The largest absolute Gasteiger partial charge is 0.494 e. The zero-order chi connectivity index (χ0) is 7.40. The lowest BCUT2D eigenvalue weighted by molar-refractivity contribution is 0.410. The average molecular weight is 137 g/mol. The van der Waals surface area contributed by atoms with Gasteiger partial charge in [0.15, 0.2) is 5.75 Å². The second kappa shape index (κ2) is 3.15. The predicted molar refractivity (Wildman–Crippen MR) is 37.7 cm³/mol. The quantitative estimate of drug-likeness (QED) is 0.611. The van der Waals surface area contributed by atoms with Gasteiger partial charge in [-0.25, -0.2) is 9.97 Å². The van der Waals surface area contributed by atoms with Gasteiger partial charge < -0.3 is 4.74 Å². The van der Waals surface area contributed by atoms with Gasteiger partial charge in [0, 0.05) is 6.42 Å². The first kappa shape index (κ1) is 6.99. The van der Waals surface area contributed by atoms with E-state index in [9.17, 15) is 0 Å². The van der Waals surface area contributed by atoms with Gasteiger partial charge in [-0.2, -0.15) is 0 Å². The maximum absolute atomic E-state index is 4.87. The van der Waals surface area contributed by atoms with Crippen molar-refractivity contribution in [3.05, 3.63) is 24.6 Å². The average Bonchev–Trinajstić information content (AvgIpc) is 2.05. The molecule has 0 aliphatic carbocycles. The van der Waals surface area contributed by atoms with E-state index < -0.39 is 0 Å². The fourth-order valence-corrected chi connectivity index (χ4v) is 0.581. The number of hydrogen-bond acceptors (Lipinski definition) is 3. The fourth-order valence-electron chi connectivity index (χ4n) is 0.581. The first-order chi connectivity index (χ1) is 4.86. The molecule has 0 aliphatic rings. The van der Waals surface area contributed by atoms with Crippen LogP contribution < -0.4 is 4.74 Å². The van der Waals surface area contributed by atoms with E-state index in [0.29, 0.717) is 5.75 Å². The second-order valence-electron chi connectivity index (χ2n) is 1.77. The van der Waals surface area contributed by atoms with Gasteiger partial charge in [-0.1, -0.05) is 6.92 Å². The molecule has 1 aromatic rings. The molecule has 0 amide bonds. The zero-order valence-corrected chi connectivity index (χ0v) is 6.03. The van der Waals surface area contributed by atoms with Crippen molar-refractivity contribution in [3.8, 4) is 5.75 Å². The minimum atomic E-state index is 0.686. The van der Waals surface area contributed by atoms with Crippen molar-refractivity contribution in [1.82, 2.24) is 9.97 Å². The van der Waals surface area contributed by atoms with Gasteiger partial charge in [0.25, 0.3) is 0 Å². The van der Waals surface area contributed by atoms with E-state index in [1.54, 1.807) is 19.5 Å². The third kappa shape index (κ3) is 1.43. The van der Waals surface area contributed by atoms with Crippen LogP contribution in [0.3, 0.4) is 0 Å². The fraction of sp³-hybridized carbons (Fsp3) is 0.286. The van der Waals surface area contributed by atoms with Gasteiger partial charge in [0.1, 0.15) is 5.82 Å². The molecule has 0 fully saturated rings. The number of nitrogens with zero attached hydrogens (tertiary/aromatic N) is 2. The molecule has 3 heteroatoms. The zero-order valence-electron chi connectivity index (χ0n) is 6.03. The van der Waals surface area contributed by atoms with E-state index in [1.807, 2.05) is 13.3 Å². The van der Waals surface area contributed by atoms with Crippen LogP contribution >= 0.6 is 0 Å². The van der Waals surface area contributed by atoms with E-state index in [4.69, 9.17) is 4.74 Å². The molecule has 0 saturated carbocycles. The summed E-state index contributed by atoms with van der Waals surface area (Å²) in [6.45, 7) is 1.89. The van der Waals surface area contributed by atoms with Gasteiger partial charge in [0.2, 0.25) is 0 Å². The van der Waals surface area contributed by atoms with Crippen molar-refractivity contribution in [2.75, 3.05) is 7.11 Å². The summed E-state index contributed by atoms with van der Waals surface area (Å²) < 4.78 is 4.87. The van der Waals surface area contributed by atoms with Crippen LogP contribution in [0.1, 0.15) is 12.7 Å². The van der Waals surface area contributed by atoms with Crippen LogP contribution in [0.4, 0.5) is 0 Å². The molecule has 1 aromatic heterocycles. The number of methoxy groups -OCH3 is 1. The van der Waals surface area contributed by atoms with E-state index in [1.165, 1.54) is 0 Å². The number of rotatable bonds is 2. The first-order valence-electron chi connectivity index (χ1n) is 3.02. The Kier molecular flexibility index (Phi) is 2.20. The molecule has 0 N–H and O–H groups in total. The van der Waals surface area contributed by atoms with Gasteiger partial charge in [-0.05, 0) is 0 Å².